The molecule has 3 aliphatic rings. The van der Waals surface area contributed by atoms with Crippen molar-refractivity contribution in [2.75, 3.05) is 39.9 Å². The first-order chi connectivity index (χ1) is 14.7. The van der Waals surface area contributed by atoms with Gasteiger partial charge in [-0.15, -0.1) is 5.10 Å². The van der Waals surface area contributed by atoms with E-state index in [2.05, 4.69) is 37.5 Å². The largest absolute Gasteiger partial charge is 0.383 e. The minimum absolute atomic E-state index is 0.269. The maximum atomic E-state index is 13.7. The molecule has 2 aromatic rings. The third-order valence-corrected chi connectivity index (χ3v) is 7.19. The van der Waals surface area contributed by atoms with Crippen molar-refractivity contribution < 1.29 is 9.53 Å². The van der Waals surface area contributed by atoms with Crippen LogP contribution in [0.4, 0.5) is 0 Å². The molecule has 5 rings (SSSR count). The molecule has 1 aromatic carbocycles. The lowest BCUT2D eigenvalue weighted by molar-refractivity contribution is -0.133. The Kier molecular flexibility index (Phi) is 5.06. The first-order valence-electron chi connectivity index (χ1n) is 11.1. The summed E-state index contributed by atoms with van der Waals surface area (Å²) in [6, 6.07) is 10.3. The first-order valence-corrected chi connectivity index (χ1v) is 11.1. The number of ether oxygens (including phenoxy) is 1. The smallest absolute Gasteiger partial charge is 0.233 e. The van der Waals surface area contributed by atoms with Crippen LogP contribution in [0.3, 0.4) is 0 Å². The Morgan fingerprint density at radius 3 is 2.57 bits per heavy atom. The average molecular weight is 411 g/mol. The van der Waals surface area contributed by atoms with E-state index in [1.807, 2.05) is 22.9 Å². The molecule has 1 aliphatic carbocycles. The SMILES string of the molecule is COCCn1nnnc1C1(N2CCCC2)CCN(C(=O)C2(c3ccccc3)CC2)C1. The van der Waals surface area contributed by atoms with E-state index in [9.17, 15) is 4.79 Å². The highest BCUT2D eigenvalue weighted by molar-refractivity contribution is 5.91. The zero-order valence-corrected chi connectivity index (χ0v) is 17.7. The molecule has 3 fully saturated rings. The molecule has 1 unspecified atom stereocenters. The van der Waals surface area contributed by atoms with Crippen LogP contribution in [-0.4, -0.2) is 75.8 Å². The fourth-order valence-corrected chi connectivity index (χ4v) is 5.37. The predicted molar refractivity (Wildman–Crippen MR) is 111 cm³/mol. The molecule has 1 atom stereocenters. The topological polar surface area (TPSA) is 76.4 Å². The molecule has 2 aliphatic heterocycles. The van der Waals surface area contributed by atoms with Crippen molar-refractivity contribution >= 4 is 5.91 Å². The second-order valence-corrected chi connectivity index (χ2v) is 8.87. The van der Waals surface area contributed by atoms with Gasteiger partial charge < -0.3 is 9.64 Å². The third kappa shape index (κ3) is 3.13. The van der Waals surface area contributed by atoms with Crippen LogP contribution in [0.25, 0.3) is 0 Å². The monoisotopic (exact) mass is 410 g/mol. The predicted octanol–water partition coefficient (Wildman–Crippen LogP) is 1.57. The number of tetrazole rings is 1. The zero-order chi connectivity index (χ0) is 20.6. The Hall–Kier alpha value is -2.32. The molecule has 1 saturated carbocycles. The molecule has 8 nitrogen and oxygen atoms in total. The van der Waals surface area contributed by atoms with Gasteiger partial charge in [0.2, 0.25) is 5.91 Å². The second-order valence-electron chi connectivity index (χ2n) is 8.87. The molecule has 0 radical (unpaired) electrons. The Morgan fingerprint density at radius 1 is 1.10 bits per heavy atom. The summed E-state index contributed by atoms with van der Waals surface area (Å²) in [5.41, 5.74) is 0.513. The third-order valence-electron chi connectivity index (χ3n) is 7.19. The van der Waals surface area contributed by atoms with Gasteiger partial charge in [0.1, 0.15) is 5.54 Å². The normalized spacial score (nSPS) is 25.7. The van der Waals surface area contributed by atoms with Gasteiger partial charge in [-0.1, -0.05) is 30.3 Å². The summed E-state index contributed by atoms with van der Waals surface area (Å²) < 4.78 is 7.13. The van der Waals surface area contributed by atoms with E-state index in [1.165, 1.54) is 12.8 Å². The van der Waals surface area contributed by atoms with E-state index in [0.29, 0.717) is 19.7 Å². The van der Waals surface area contributed by atoms with Crippen molar-refractivity contribution in [1.82, 2.24) is 30.0 Å². The lowest BCUT2D eigenvalue weighted by atomic mass is 9.93. The highest BCUT2D eigenvalue weighted by Gasteiger charge is 2.57. The minimum atomic E-state index is -0.329. The van der Waals surface area contributed by atoms with E-state index in [-0.39, 0.29) is 16.9 Å². The van der Waals surface area contributed by atoms with Crippen LogP contribution >= 0.6 is 0 Å². The van der Waals surface area contributed by atoms with Crippen molar-refractivity contribution in [2.45, 2.75) is 49.6 Å². The fourth-order valence-electron chi connectivity index (χ4n) is 5.37. The maximum absolute atomic E-state index is 13.7. The number of hydrogen-bond acceptors (Lipinski definition) is 6. The lowest BCUT2D eigenvalue weighted by Crippen LogP contribution is -2.50. The number of aromatic nitrogens is 4. The van der Waals surface area contributed by atoms with Gasteiger partial charge >= 0.3 is 0 Å². The van der Waals surface area contributed by atoms with E-state index in [1.54, 1.807) is 7.11 Å². The van der Waals surface area contributed by atoms with Gasteiger partial charge in [-0.05, 0) is 61.2 Å². The zero-order valence-electron chi connectivity index (χ0n) is 17.7. The van der Waals surface area contributed by atoms with Crippen LogP contribution < -0.4 is 0 Å². The van der Waals surface area contributed by atoms with Gasteiger partial charge in [-0.25, -0.2) is 4.68 Å². The van der Waals surface area contributed by atoms with E-state index in [4.69, 9.17) is 4.74 Å². The minimum Gasteiger partial charge on any atom is -0.383 e. The number of nitrogens with zero attached hydrogens (tertiary/aromatic N) is 6. The highest BCUT2D eigenvalue weighted by Crippen LogP contribution is 2.51. The first kappa shape index (κ1) is 19.6. The number of carbonyl (C=O) groups is 1. The van der Waals surface area contributed by atoms with E-state index < -0.39 is 0 Å². The molecule has 2 saturated heterocycles. The van der Waals surface area contributed by atoms with Crippen molar-refractivity contribution in [1.29, 1.82) is 0 Å². The number of carbonyl (C=O) groups excluding carboxylic acids is 1. The van der Waals surface area contributed by atoms with Gasteiger partial charge in [-0.2, -0.15) is 0 Å². The quantitative estimate of drug-likeness (QED) is 0.690. The molecule has 0 N–H and O–H groups in total. The van der Waals surface area contributed by atoms with Crippen LogP contribution in [-0.2, 0) is 27.0 Å². The number of amides is 1. The second kappa shape index (κ2) is 7.74. The molecule has 30 heavy (non-hydrogen) atoms. The molecule has 1 aromatic heterocycles. The molecule has 3 heterocycles. The van der Waals surface area contributed by atoms with Gasteiger partial charge in [0, 0.05) is 20.2 Å². The van der Waals surface area contributed by atoms with Crippen molar-refractivity contribution in [2.24, 2.45) is 0 Å². The Balaban J connectivity index is 1.44. The Morgan fingerprint density at radius 2 is 1.87 bits per heavy atom. The summed E-state index contributed by atoms with van der Waals surface area (Å²) in [5.74, 6) is 1.15. The van der Waals surface area contributed by atoms with Crippen LogP contribution in [0.1, 0.15) is 43.5 Å². The van der Waals surface area contributed by atoms with E-state index >= 15 is 0 Å². The summed E-state index contributed by atoms with van der Waals surface area (Å²) in [5, 5.41) is 12.7. The highest BCUT2D eigenvalue weighted by atomic mass is 16.5. The van der Waals surface area contributed by atoms with Gasteiger partial charge in [0.15, 0.2) is 5.82 Å². The average Bonchev–Trinajstić information content (AvgIpc) is 3.17. The number of hydrogen-bond donors (Lipinski definition) is 0. The standard InChI is InChI=1S/C22H30N6O2/c1-30-16-15-28-19(23-24-25-28)22(27-12-5-6-13-27)11-14-26(17-22)20(29)21(9-10-21)18-7-3-2-4-8-18/h2-4,7-8H,5-6,9-17H2,1H3. The fraction of sp³-hybridized carbons (Fsp3) is 0.636. The summed E-state index contributed by atoms with van der Waals surface area (Å²) in [4.78, 5) is 18.3. The maximum Gasteiger partial charge on any atom is 0.233 e. The van der Waals surface area contributed by atoms with Gasteiger partial charge in [0.25, 0.3) is 0 Å². The number of likely N-dealkylation sites (tertiary alicyclic amines) is 2. The number of methoxy groups -OCH3 is 1. The number of benzene rings is 1. The molecule has 0 bridgehead atoms. The molecular weight excluding hydrogens is 380 g/mol. The Labute approximate surface area is 177 Å². The van der Waals surface area contributed by atoms with Crippen LogP contribution in [0, 0.1) is 0 Å². The van der Waals surface area contributed by atoms with Crippen molar-refractivity contribution in [3.8, 4) is 0 Å². The molecule has 8 heteroatoms. The Bertz CT molecular complexity index is 890. The van der Waals surface area contributed by atoms with Crippen LogP contribution in [0.15, 0.2) is 30.3 Å². The number of rotatable bonds is 7. The lowest BCUT2D eigenvalue weighted by Gasteiger charge is -2.37. The summed E-state index contributed by atoms with van der Waals surface area (Å²) in [6.45, 7) is 4.66. The summed E-state index contributed by atoms with van der Waals surface area (Å²) in [7, 11) is 1.69. The summed E-state index contributed by atoms with van der Waals surface area (Å²) >= 11 is 0. The molecule has 160 valence electrons. The molecular formula is C22H30N6O2. The van der Waals surface area contributed by atoms with Crippen molar-refractivity contribution in [3.05, 3.63) is 41.7 Å². The van der Waals surface area contributed by atoms with Gasteiger partial charge in [-0.3, -0.25) is 9.69 Å². The van der Waals surface area contributed by atoms with Crippen LogP contribution in [0.5, 0.6) is 0 Å². The van der Waals surface area contributed by atoms with Crippen molar-refractivity contribution in [3.63, 3.8) is 0 Å². The molecule has 1 amide bonds. The van der Waals surface area contributed by atoms with Crippen LogP contribution in [0.2, 0.25) is 0 Å². The summed E-state index contributed by atoms with van der Waals surface area (Å²) in [6.07, 6.45) is 5.12. The van der Waals surface area contributed by atoms with Gasteiger partial charge in [0.05, 0.1) is 18.6 Å². The molecule has 0 spiro atoms. The van der Waals surface area contributed by atoms with E-state index in [0.717, 1.165) is 50.3 Å².